The summed E-state index contributed by atoms with van der Waals surface area (Å²) in [7, 11) is 0. The number of thiol groups is 1. The van der Waals surface area contributed by atoms with E-state index in [0.717, 1.165) is 0 Å². The number of rotatable bonds is 4. The third-order valence-electron chi connectivity index (χ3n) is 1.13. The number of carboxylic acids is 1. The lowest BCUT2D eigenvalue weighted by molar-refractivity contribution is -0.137. The van der Waals surface area contributed by atoms with Gasteiger partial charge < -0.3 is 9.84 Å². The Morgan fingerprint density at radius 3 is 3.08 bits per heavy atom. The largest absolute Gasteiger partial charge is 0.490 e. The molecule has 0 aliphatic heterocycles. The average Bonchev–Trinajstić information content (AvgIpc) is 2.35. The molecule has 0 fully saturated rings. The molecule has 0 radical (unpaired) electrons. The number of carboxylic acid groups (broad SMARTS) is 1. The van der Waals surface area contributed by atoms with Gasteiger partial charge in [-0.25, -0.2) is 4.09 Å². The van der Waals surface area contributed by atoms with Gasteiger partial charge in [0.25, 0.3) is 0 Å². The highest BCUT2D eigenvalue weighted by molar-refractivity contribution is 7.78. The van der Waals surface area contributed by atoms with E-state index >= 15 is 0 Å². The lowest BCUT2D eigenvalue weighted by Gasteiger charge is -1.98. The number of nitrogens with zero attached hydrogens (tertiary/aromatic N) is 2. The number of aromatic nitrogens is 2. The monoisotopic (exact) mass is 188 g/mol. The maximum Gasteiger partial charge on any atom is 0.306 e. The van der Waals surface area contributed by atoms with Crippen molar-refractivity contribution in [1.82, 2.24) is 9.19 Å². The summed E-state index contributed by atoms with van der Waals surface area (Å²) < 4.78 is 6.31. The highest BCUT2D eigenvalue weighted by atomic mass is 32.1. The second-order valence-electron chi connectivity index (χ2n) is 2.09. The lowest BCUT2D eigenvalue weighted by Crippen LogP contribution is -2.04. The smallest absolute Gasteiger partial charge is 0.306 e. The van der Waals surface area contributed by atoms with Crippen LogP contribution in [0.2, 0.25) is 0 Å². The third-order valence-corrected chi connectivity index (χ3v) is 1.35. The molecule has 0 unspecified atom stereocenters. The Hall–Kier alpha value is -1.17. The second-order valence-corrected chi connectivity index (χ2v) is 2.50. The topological polar surface area (TPSA) is 64.3 Å². The van der Waals surface area contributed by atoms with Crippen LogP contribution in [0.5, 0.6) is 5.75 Å². The fourth-order valence-electron chi connectivity index (χ4n) is 0.627. The van der Waals surface area contributed by atoms with E-state index in [9.17, 15) is 4.79 Å². The van der Waals surface area contributed by atoms with Crippen molar-refractivity contribution in [2.45, 2.75) is 6.42 Å². The van der Waals surface area contributed by atoms with Gasteiger partial charge in [0.15, 0.2) is 5.75 Å². The van der Waals surface area contributed by atoms with Gasteiger partial charge in [0.2, 0.25) is 0 Å². The van der Waals surface area contributed by atoms with Gasteiger partial charge in [-0.15, -0.1) is 0 Å². The van der Waals surface area contributed by atoms with Crippen molar-refractivity contribution in [3.8, 4) is 5.75 Å². The summed E-state index contributed by atoms with van der Waals surface area (Å²) in [6.07, 6.45) is 3.00. The van der Waals surface area contributed by atoms with Crippen molar-refractivity contribution in [3.63, 3.8) is 0 Å². The highest BCUT2D eigenvalue weighted by Gasteiger charge is 1.99. The minimum absolute atomic E-state index is 0.0161. The molecule has 0 bridgehead atoms. The molecular formula is C6H8N2O3S. The van der Waals surface area contributed by atoms with Crippen LogP contribution in [-0.4, -0.2) is 26.9 Å². The van der Waals surface area contributed by atoms with Crippen LogP contribution in [0.4, 0.5) is 0 Å². The zero-order valence-corrected chi connectivity index (χ0v) is 7.07. The Kier molecular flexibility index (Phi) is 2.98. The van der Waals surface area contributed by atoms with Gasteiger partial charge in [0, 0.05) is 0 Å². The molecule has 66 valence electrons. The van der Waals surface area contributed by atoms with E-state index in [-0.39, 0.29) is 13.0 Å². The second kappa shape index (κ2) is 4.01. The van der Waals surface area contributed by atoms with E-state index < -0.39 is 5.97 Å². The summed E-state index contributed by atoms with van der Waals surface area (Å²) in [5, 5.41) is 12.0. The zero-order chi connectivity index (χ0) is 8.97. The molecule has 0 spiro atoms. The lowest BCUT2D eigenvalue weighted by atomic mass is 10.5. The molecule has 1 aromatic rings. The minimum Gasteiger partial charge on any atom is -0.490 e. The molecule has 0 saturated heterocycles. The molecule has 0 saturated carbocycles. The molecule has 12 heavy (non-hydrogen) atoms. The van der Waals surface area contributed by atoms with E-state index in [2.05, 4.69) is 17.9 Å². The SMILES string of the molecule is O=C(O)CCOc1cnn(S)c1. The maximum atomic E-state index is 10.1. The molecule has 1 N–H and O–H groups in total. The van der Waals surface area contributed by atoms with Gasteiger partial charge in [-0.1, -0.05) is 0 Å². The van der Waals surface area contributed by atoms with Gasteiger partial charge in [0.05, 0.1) is 25.4 Å². The molecule has 0 aliphatic rings. The van der Waals surface area contributed by atoms with Crippen LogP contribution in [-0.2, 0) is 4.79 Å². The van der Waals surface area contributed by atoms with Crippen molar-refractivity contribution in [3.05, 3.63) is 12.4 Å². The van der Waals surface area contributed by atoms with Crippen molar-refractivity contribution in [2.75, 3.05) is 6.61 Å². The Bertz CT molecular complexity index is 274. The summed E-state index contributed by atoms with van der Waals surface area (Å²) in [4.78, 5) is 10.1. The van der Waals surface area contributed by atoms with Crippen molar-refractivity contribution in [2.24, 2.45) is 0 Å². The minimum atomic E-state index is -0.881. The van der Waals surface area contributed by atoms with Crippen LogP contribution in [0.15, 0.2) is 12.4 Å². The molecule has 1 heterocycles. The number of carbonyl (C=O) groups is 1. The van der Waals surface area contributed by atoms with Gasteiger partial charge >= 0.3 is 5.97 Å². The van der Waals surface area contributed by atoms with Gasteiger partial charge in [-0.05, 0) is 12.8 Å². The summed E-state index contributed by atoms with van der Waals surface area (Å²) >= 11 is 3.88. The summed E-state index contributed by atoms with van der Waals surface area (Å²) in [5.41, 5.74) is 0. The first kappa shape index (κ1) is 8.92. The van der Waals surface area contributed by atoms with E-state index in [0.29, 0.717) is 5.75 Å². The zero-order valence-electron chi connectivity index (χ0n) is 6.17. The Balaban J connectivity index is 2.29. The van der Waals surface area contributed by atoms with E-state index in [1.54, 1.807) is 6.20 Å². The van der Waals surface area contributed by atoms with Crippen molar-refractivity contribution >= 4 is 18.8 Å². The molecule has 5 nitrogen and oxygen atoms in total. The quantitative estimate of drug-likeness (QED) is 0.672. The summed E-state index contributed by atoms with van der Waals surface area (Å²) in [6, 6.07) is 0. The van der Waals surface area contributed by atoms with Crippen LogP contribution in [0.3, 0.4) is 0 Å². The Labute approximate surface area is 74.5 Å². The van der Waals surface area contributed by atoms with Crippen LogP contribution < -0.4 is 4.74 Å². The number of aliphatic carboxylic acids is 1. The molecule has 0 atom stereocenters. The Morgan fingerprint density at radius 1 is 1.83 bits per heavy atom. The predicted octanol–water partition coefficient (Wildman–Crippen LogP) is 0.429. The van der Waals surface area contributed by atoms with E-state index in [1.807, 2.05) is 0 Å². The molecule has 0 aromatic carbocycles. The van der Waals surface area contributed by atoms with Crippen LogP contribution in [0.25, 0.3) is 0 Å². The standard InChI is InChI=1S/C6H8N2O3S/c9-6(10)1-2-11-5-3-7-8(12)4-5/h3-4,12H,1-2H2,(H,9,10). The number of ether oxygens (including phenoxy) is 1. The van der Waals surface area contributed by atoms with E-state index in [1.165, 1.54) is 10.3 Å². The van der Waals surface area contributed by atoms with Gasteiger partial charge in [-0.3, -0.25) is 4.79 Å². The molecule has 1 rings (SSSR count). The first-order valence-electron chi connectivity index (χ1n) is 3.27. The fourth-order valence-corrected chi connectivity index (χ4v) is 0.793. The average molecular weight is 188 g/mol. The van der Waals surface area contributed by atoms with Gasteiger partial charge in [-0.2, -0.15) is 5.10 Å². The normalized spacial score (nSPS) is 9.75. The number of hydrogen-bond acceptors (Lipinski definition) is 4. The number of hydrogen-bond donors (Lipinski definition) is 2. The predicted molar refractivity (Wildman–Crippen MR) is 44.4 cm³/mol. The first-order chi connectivity index (χ1) is 5.68. The molecular weight excluding hydrogens is 180 g/mol. The van der Waals surface area contributed by atoms with Crippen molar-refractivity contribution in [1.29, 1.82) is 0 Å². The fraction of sp³-hybridized carbons (Fsp3) is 0.333. The molecule has 0 aliphatic carbocycles. The Morgan fingerprint density at radius 2 is 2.58 bits per heavy atom. The van der Waals surface area contributed by atoms with Crippen LogP contribution >= 0.6 is 12.8 Å². The third kappa shape index (κ3) is 2.83. The van der Waals surface area contributed by atoms with E-state index in [4.69, 9.17) is 9.84 Å². The maximum absolute atomic E-state index is 10.1. The molecule has 1 aromatic heterocycles. The van der Waals surface area contributed by atoms with Gasteiger partial charge in [0.1, 0.15) is 0 Å². The molecule has 0 amide bonds. The van der Waals surface area contributed by atoms with Crippen LogP contribution in [0.1, 0.15) is 6.42 Å². The van der Waals surface area contributed by atoms with Crippen molar-refractivity contribution < 1.29 is 14.6 Å². The summed E-state index contributed by atoms with van der Waals surface area (Å²) in [6.45, 7) is 0.148. The summed E-state index contributed by atoms with van der Waals surface area (Å²) in [5.74, 6) is -0.362. The highest BCUT2D eigenvalue weighted by Crippen LogP contribution is 2.08. The molecule has 6 heteroatoms. The van der Waals surface area contributed by atoms with Crippen LogP contribution in [0, 0.1) is 0 Å². The first-order valence-corrected chi connectivity index (χ1v) is 3.67.